The van der Waals surface area contributed by atoms with Crippen LogP contribution in [0.1, 0.15) is 15.4 Å². The van der Waals surface area contributed by atoms with Gasteiger partial charge in [-0.1, -0.05) is 15.8 Å². The lowest BCUT2D eigenvalue weighted by Gasteiger charge is -2.29. The smallest absolute Gasteiger partial charge is 0.406 e. The largest absolute Gasteiger partial charge is 0.573 e. The fourth-order valence-electron chi connectivity index (χ4n) is 3.11. The van der Waals surface area contributed by atoms with Crippen LogP contribution in [-0.4, -0.2) is 71.1 Å². The Morgan fingerprint density at radius 1 is 1.32 bits per heavy atom. The molecule has 0 N–H and O–H groups in total. The van der Waals surface area contributed by atoms with Gasteiger partial charge in [-0.2, -0.15) is 0 Å². The average molecular weight is 474 g/mol. The van der Waals surface area contributed by atoms with Crippen molar-refractivity contribution in [2.45, 2.75) is 13.3 Å². The molecule has 3 aromatic rings. The zero-order valence-electron chi connectivity index (χ0n) is 16.4. The van der Waals surface area contributed by atoms with Crippen molar-refractivity contribution in [2.75, 3.05) is 44.3 Å². The van der Waals surface area contributed by atoms with Crippen molar-refractivity contribution < 1.29 is 27.4 Å². The van der Waals surface area contributed by atoms with E-state index in [0.717, 1.165) is 36.0 Å². The molecule has 2 aromatic heterocycles. The summed E-state index contributed by atoms with van der Waals surface area (Å²) in [7, 11) is 0. The number of halogens is 3. The number of aryl methyl sites for hydroxylation is 1. The second kappa shape index (κ2) is 9.02. The van der Waals surface area contributed by atoms with Crippen LogP contribution in [-0.2, 0) is 4.74 Å². The molecule has 0 radical (unpaired) electrons. The van der Waals surface area contributed by atoms with Crippen LogP contribution in [0.3, 0.4) is 0 Å². The maximum Gasteiger partial charge on any atom is 0.573 e. The van der Waals surface area contributed by atoms with Crippen molar-refractivity contribution in [1.29, 1.82) is 0 Å². The number of carbonyl (C=O) groups excluding carboxylic acids is 1. The van der Waals surface area contributed by atoms with Crippen molar-refractivity contribution in [3.8, 4) is 5.75 Å². The summed E-state index contributed by atoms with van der Waals surface area (Å²) in [5.74, 6) is -0.615. The van der Waals surface area contributed by atoms with Gasteiger partial charge in [-0.05, 0) is 30.6 Å². The van der Waals surface area contributed by atoms with E-state index in [-0.39, 0.29) is 11.7 Å². The quantitative estimate of drug-likeness (QED) is 0.543. The zero-order valence-corrected chi connectivity index (χ0v) is 18.0. The number of amides is 1. The molecule has 1 amide bonds. The summed E-state index contributed by atoms with van der Waals surface area (Å²) in [5, 5.41) is 4.30. The van der Waals surface area contributed by atoms with E-state index in [0.29, 0.717) is 52.2 Å². The first-order valence-corrected chi connectivity index (χ1v) is 11.0. The first-order valence-electron chi connectivity index (χ1n) is 9.37. The number of rotatable bonds is 6. The lowest BCUT2D eigenvalue weighted by atomic mass is 10.3. The summed E-state index contributed by atoms with van der Waals surface area (Å²) in [6.07, 6.45) is -4.78. The summed E-state index contributed by atoms with van der Waals surface area (Å²) in [4.78, 5) is 21.8. The molecule has 0 saturated carbocycles. The van der Waals surface area contributed by atoms with Gasteiger partial charge in [0.2, 0.25) is 0 Å². The molecular weight excluding hydrogens is 455 g/mol. The summed E-state index contributed by atoms with van der Waals surface area (Å²) < 4.78 is 51.3. The average Bonchev–Trinajstić information content (AvgIpc) is 3.33. The number of nitrogens with zero attached hydrogens (tertiary/aromatic N) is 5. The predicted molar refractivity (Wildman–Crippen MR) is 110 cm³/mol. The van der Waals surface area contributed by atoms with E-state index < -0.39 is 6.36 Å². The molecule has 4 rings (SSSR count). The van der Waals surface area contributed by atoms with Crippen LogP contribution >= 0.6 is 22.9 Å². The van der Waals surface area contributed by atoms with Crippen molar-refractivity contribution >= 4 is 44.1 Å². The van der Waals surface area contributed by atoms with Crippen molar-refractivity contribution in [1.82, 2.24) is 19.5 Å². The molecule has 8 nitrogen and oxygen atoms in total. The predicted octanol–water partition coefficient (Wildman–Crippen LogP) is 3.33. The summed E-state index contributed by atoms with van der Waals surface area (Å²) in [6.45, 7) is 5.48. The number of thiazole rings is 1. The fraction of sp³-hybridized carbons (Fsp3) is 0.444. The SMILES string of the molecule is Cc1nnsc1C(=O)N(CCN1CCOCC1)c1nc2ccc(OC(F)(F)F)cc2s1. The van der Waals surface area contributed by atoms with Gasteiger partial charge in [0.1, 0.15) is 10.6 Å². The Bertz CT molecular complexity index is 1070. The second-order valence-corrected chi connectivity index (χ2v) is 8.54. The van der Waals surface area contributed by atoms with Crippen molar-refractivity contribution in [3.05, 3.63) is 28.8 Å². The Labute approximate surface area is 183 Å². The van der Waals surface area contributed by atoms with Crippen molar-refractivity contribution in [3.63, 3.8) is 0 Å². The molecule has 0 unspecified atom stereocenters. The van der Waals surface area contributed by atoms with E-state index in [2.05, 4.69) is 24.2 Å². The molecule has 1 fully saturated rings. The van der Waals surface area contributed by atoms with Gasteiger partial charge in [-0.3, -0.25) is 14.6 Å². The lowest BCUT2D eigenvalue weighted by Crippen LogP contribution is -2.43. The molecule has 0 atom stereocenters. The minimum absolute atomic E-state index is 0.286. The van der Waals surface area contributed by atoms with Crippen LogP contribution in [0.5, 0.6) is 5.75 Å². The maximum atomic E-state index is 13.2. The first kappa shape index (κ1) is 21.9. The van der Waals surface area contributed by atoms with Gasteiger partial charge in [0.25, 0.3) is 5.91 Å². The second-order valence-electron chi connectivity index (χ2n) is 6.77. The maximum absolute atomic E-state index is 13.2. The van der Waals surface area contributed by atoms with E-state index in [1.807, 2.05) is 0 Å². The third kappa shape index (κ3) is 5.29. The third-order valence-electron chi connectivity index (χ3n) is 4.65. The molecule has 1 saturated heterocycles. The van der Waals surface area contributed by atoms with Crippen LogP contribution in [0.25, 0.3) is 10.2 Å². The minimum Gasteiger partial charge on any atom is -0.406 e. The number of alkyl halides is 3. The number of aromatic nitrogens is 3. The molecule has 0 spiro atoms. The third-order valence-corrected chi connectivity index (χ3v) is 6.50. The Kier molecular flexibility index (Phi) is 6.36. The molecule has 0 aliphatic carbocycles. The molecule has 0 bridgehead atoms. The number of hydrogen-bond acceptors (Lipinski definition) is 9. The van der Waals surface area contributed by atoms with E-state index in [1.165, 1.54) is 23.1 Å². The Morgan fingerprint density at radius 3 is 2.77 bits per heavy atom. The van der Waals surface area contributed by atoms with Crippen LogP contribution in [0.4, 0.5) is 18.3 Å². The topological polar surface area (TPSA) is 80.7 Å². The normalized spacial score (nSPS) is 15.4. The van der Waals surface area contributed by atoms with Crippen LogP contribution in [0.15, 0.2) is 18.2 Å². The number of fused-ring (bicyclic) bond motifs is 1. The minimum atomic E-state index is -4.78. The Balaban J connectivity index is 1.62. The highest BCUT2D eigenvalue weighted by Crippen LogP contribution is 2.34. The molecule has 3 heterocycles. The number of anilines is 1. The van der Waals surface area contributed by atoms with Crippen molar-refractivity contribution in [2.24, 2.45) is 0 Å². The molecule has 1 aliphatic heterocycles. The summed E-state index contributed by atoms with van der Waals surface area (Å²) >= 11 is 2.13. The van der Waals surface area contributed by atoms with Gasteiger partial charge in [0.15, 0.2) is 5.13 Å². The highest BCUT2D eigenvalue weighted by Gasteiger charge is 2.31. The fourth-order valence-corrected chi connectivity index (χ4v) is 4.73. The highest BCUT2D eigenvalue weighted by atomic mass is 32.1. The highest BCUT2D eigenvalue weighted by molar-refractivity contribution is 7.22. The molecule has 1 aromatic carbocycles. The Hall–Kier alpha value is -2.35. The molecule has 1 aliphatic rings. The van der Waals surface area contributed by atoms with Gasteiger partial charge >= 0.3 is 6.36 Å². The molecular formula is C18H18F3N5O3S2. The molecule has 13 heteroatoms. The number of carbonyl (C=O) groups is 1. The summed E-state index contributed by atoms with van der Waals surface area (Å²) in [6, 6.07) is 3.92. The van der Waals surface area contributed by atoms with Gasteiger partial charge in [0.05, 0.1) is 29.1 Å². The first-order chi connectivity index (χ1) is 14.8. The van der Waals surface area contributed by atoms with Gasteiger partial charge in [0, 0.05) is 32.2 Å². The van der Waals surface area contributed by atoms with E-state index >= 15 is 0 Å². The van der Waals surface area contributed by atoms with Gasteiger partial charge < -0.3 is 9.47 Å². The summed E-state index contributed by atoms with van der Waals surface area (Å²) in [5.41, 5.74) is 1.01. The van der Waals surface area contributed by atoms with E-state index in [9.17, 15) is 18.0 Å². The number of morpholine rings is 1. The molecule has 166 valence electrons. The number of hydrogen-bond donors (Lipinski definition) is 0. The Morgan fingerprint density at radius 2 is 2.10 bits per heavy atom. The van der Waals surface area contributed by atoms with Crippen LogP contribution in [0, 0.1) is 6.92 Å². The van der Waals surface area contributed by atoms with E-state index in [4.69, 9.17) is 4.74 Å². The number of benzene rings is 1. The van der Waals surface area contributed by atoms with Gasteiger partial charge in [-0.15, -0.1) is 18.3 Å². The molecule has 31 heavy (non-hydrogen) atoms. The van der Waals surface area contributed by atoms with Crippen LogP contribution in [0.2, 0.25) is 0 Å². The monoisotopic (exact) mass is 473 g/mol. The standard InChI is InChI=1S/C18H18F3N5O3S2/c1-11-15(31-24-23-11)16(27)26(5-4-25-6-8-28-9-7-25)17-22-13-3-2-12(10-14(13)30-17)29-18(19,20)21/h2-3,10H,4-9H2,1H3. The number of ether oxygens (including phenoxy) is 2. The van der Waals surface area contributed by atoms with E-state index in [1.54, 1.807) is 6.92 Å². The lowest BCUT2D eigenvalue weighted by molar-refractivity contribution is -0.274. The van der Waals surface area contributed by atoms with Gasteiger partial charge in [-0.25, -0.2) is 4.98 Å². The zero-order chi connectivity index (χ0) is 22.0. The van der Waals surface area contributed by atoms with Crippen LogP contribution < -0.4 is 9.64 Å².